The van der Waals surface area contributed by atoms with Gasteiger partial charge in [-0.15, -0.1) is 0 Å². The Morgan fingerprint density at radius 1 is 1.47 bits per heavy atom. The van der Waals surface area contributed by atoms with Crippen LogP contribution in [0.15, 0.2) is 23.3 Å². The van der Waals surface area contributed by atoms with Crippen LogP contribution in [0.3, 0.4) is 0 Å². The van der Waals surface area contributed by atoms with Crippen molar-refractivity contribution in [3.8, 4) is 0 Å². The first-order chi connectivity index (χ1) is 7.16. The number of benzene rings is 1. The summed E-state index contributed by atoms with van der Waals surface area (Å²) in [6.07, 6.45) is 2.82. The zero-order valence-electron chi connectivity index (χ0n) is 7.49. The van der Waals surface area contributed by atoms with Gasteiger partial charge in [0.05, 0.1) is 0 Å². The maximum Gasteiger partial charge on any atom is 0.151 e. The highest BCUT2D eigenvalue weighted by Gasteiger charge is 2.08. The Labute approximate surface area is 89.6 Å². The number of azide groups is 1. The number of hydrogen-bond donors (Lipinski definition) is 0. The predicted octanol–water partition coefficient (Wildman–Crippen LogP) is 3.94. The van der Waals surface area contributed by atoms with E-state index in [1.165, 1.54) is 18.2 Å². The summed E-state index contributed by atoms with van der Waals surface area (Å²) in [5.41, 5.74) is 8.13. The lowest BCUT2D eigenvalue weighted by Gasteiger charge is -1.99. The number of hydrogen-bond acceptors (Lipinski definition) is 1. The first-order valence-electron chi connectivity index (χ1n) is 3.97. The summed E-state index contributed by atoms with van der Waals surface area (Å²) in [6, 6.07) is 2.32. The summed E-state index contributed by atoms with van der Waals surface area (Å²) in [5, 5.41) is 2.68. The van der Waals surface area contributed by atoms with E-state index in [1.807, 2.05) is 0 Å². The van der Waals surface area contributed by atoms with Crippen molar-refractivity contribution in [2.75, 3.05) is 6.54 Å². The molecule has 0 fully saturated rings. The van der Waals surface area contributed by atoms with Crippen molar-refractivity contribution < 1.29 is 8.78 Å². The lowest BCUT2D eigenvalue weighted by molar-refractivity contribution is 0.582. The second-order valence-corrected chi connectivity index (χ2v) is 2.96. The number of rotatable bonds is 3. The van der Waals surface area contributed by atoms with Crippen LogP contribution in [0.4, 0.5) is 8.78 Å². The molecule has 6 heteroatoms. The molecule has 1 rings (SSSR count). The molecule has 0 unspecified atom stereocenters. The smallest absolute Gasteiger partial charge is 0.151 e. The molecule has 1 aromatic rings. The Morgan fingerprint density at radius 3 is 2.87 bits per heavy atom. The van der Waals surface area contributed by atoms with Gasteiger partial charge in [0.15, 0.2) is 5.82 Å². The fourth-order valence-electron chi connectivity index (χ4n) is 0.933. The van der Waals surface area contributed by atoms with Crippen LogP contribution in [-0.4, -0.2) is 6.54 Å². The van der Waals surface area contributed by atoms with Crippen LogP contribution in [0.25, 0.3) is 16.5 Å². The first-order valence-corrected chi connectivity index (χ1v) is 4.35. The molecule has 0 saturated heterocycles. The van der Waals surface area contributed by atoms with Gasteiger partial charge in [-0.2, -0.15) is 0 Å². The topological polar surface area (TPSA) is 48.8 Å². The molecular weight excluding hydrogens is 224 g/mol. The van der Waals surface area contributed by atoms with Crippen molar-refractivity contribution in [2.24, 2.45) is 5.11 Å². The zero-order valence-corrected chi connectivity index (χ0v) is 8.25. The number of nitrogens with zero attached hydrogens (tertiary/aromatic N) is 3. The van der Waals surface area contributed by atoms with Gasteiger partial charge in [0.25, 0.3) is 0 Å². The summed E-state index contributed by atoms with van der Waals surface area (Å²) in [4.78, 5) is 2.51. The molecule has 0 aliphatic heterocycles. The highest BCUT2D eigenvalue weighted by atomic mass is 35.5. The van der Waals surface area contributed by atoms with Crippen molar-refractivity contribution in [1.82, 2.24) is 0 Å². The highest BCUT2D eigenvalue weighted by molar-refractivity contribution is 6.31. The highest BCUT2D eigenvalue weighted by Crippen LogP contribution is 2.22. The van der Waals surface area contributed by atoms with Crippen LogP contribution in [-0.2, 0) is 0 Å². The Kier molecular flexibility index (Phi) is 4.09. The van der Waals surface area contributed by atoms with E-state index in [0.717, 1.165) is 6.07 Å². The molecule has 0 spiro atoms. The van der Waals surface area contributed by atoms with E-state index in [-0.39, 0.29) is 12.1 Å². The monoisotopic (exact) mass is 229 g/mol. The Bertz CT molecular complexity index is 439. The minimum Gasteiger partial charge on any atom is -0.205 e. The first kappa shape index (κ1) is 11.5. The predicted molar refractivity (Wildman–Crippen MR) is 54.4 cm³/mol. The van der Waals surface area contributed by atoms with Gasteiger partial charge >= 0.3 is 0 Å². The summed E-state index contributed by atoms with van der Waals surface area (Å²) < 4.78 is 26.0. The van der Waals surface area contributed by atoms with E-state index < -0.39 is 16.7 Å². The van der Waals surface area contributed by atoms with Crippen molar-refractivity contribution >= 4 is 17.7 Å². The standard InChI is InChI=1S/C9H6ClF2N3/c10-8-7(11)4-3-6(9(8)12)2-1-5-14-15-13/h1-4H,5H2. The molecule has 0 radical (unpaired) electrons. The molecule has 0 heterocycles. The van der Waals surface area contributed by atoms with E-state index in [9.17, 15) is 8.78 Å². The SMILES string of the molecule is [N-]=[N+]=NCC=Cc1ccc(F)c(Cl)c1F. The van der Waals surface area contributed by atoms with Gasteiger partial charge in [-0.3, -0.25) is 0 Å². The van der Waals surface area contributed by atoms with Crippen LogP contribution in [0.5, 0.6) is 0 Å². The quantitative estimate of drug-likeness (QED) is 0.326. The van der Waals surface area contributed by atoms with Crippen LogP contribution >= 0.6 is 11.6 Å². The summed E-state index contributed by atoms with van der Waals surface area (Å²) in [5.74, 6) is -1.63. The minimum absolute atomic E-state index is 0.102. The molecule has 0 saturated carbocycles. The summed E-state index contributed by atoms with van der Waals surface area (Å²) >= 11 is 5.36. The third kappa shape index (κ3) is 2.94. The molecule has 1 aromatic carbocycles. The fraction of sp³-hybridized carbons (Fsp3) is 0.111. The van der Waals surface area contributed by atoms with E-state index in [0.29, 0.717) is 0 Å². The number of halogens is 3. The van der Waals surface area contributed by atoms with Gasteiger partial charge in [-0.05, 0) is 17.7 Å². The molecule has 0 aliphatic rings. The molecule has 0 aliphatic carbocycles. The molecule has 0 atom stereocenters. The molecule has 15 heavy (non-hydrogen) atoms. The van der Waals surface area contributed by atoms with Gasteiger partial charge in [0.1, 0.15) is 10.8 Å². The van der Waals surface area contributed by atoms with Gasteiger partial charge in [-0.25, -0.2) is 8.78 Å². The van der Waals surface area contributed by atoms with E-state index >= 15 is 0 Å². The molecule has 3 nitrogen and oxygen atoms in total. The summed E-state index contributed by atoms with van der Waals surface area (Å²) in [6.45, 7) is 0.102. The van der Waals surface area contributed by atoms with E-state index in [4.69, 9.17) is 17.1 Å². The zero-order chi connectivity index (χ0) is 11.3. The van der Waals surface area contributed by atoms with Crippen LogP contribution in [0.1, 0.15) is 5.56 Å². The van der Waals surface area contributed by atoms with Gasteiger partial charge in [-0.1, -0.05) is 28.9 Å². The molecule has 78 valence electrons. The largest absolute Gasteiger partial charge is 0.205 e. The Balaban J connectivity index is 2.91. The Morgan fingerprint density at radius 2 is 2.20 bits per heavy atom. The lowest BCUT2D eigenvalue weighted by Crippen LogP contribution is -1.87. The van der Waals surface area contributed by atoms with Crippen molar-refractivity contribution in [3.63, 3.8) is 0 Å². The lowest BCUT2D eigenvalue weighted by atomic mass is 10.2. The average Bonchev–Trinajstić information content (AvgIpc) is 2.24. The van der Waals surface area contributed by atoms with Gasteiger partial charge in [0, 0.05) is 17.0 Å². The summed E-state index contributed by atoms with van der Waals surface area (Å²) in [7, 11) is 0. The molecule has 0 aromatic heterocycles. The second-order valence-electron chi connectivity index (χ2n) is 2.58. The van der Waals surface area contributed by atoms with Gasteiger partial charge < -0.3 is 0 Å². The van der Waals surface area contributed by atoms with Gasteiger partial charge in [0.2, 0.25) is 0 Å². The third-order valence-electron chi connectivity index (χ3n) is 1.61. The van der Waals surface area contributed by atoms with Crippen molar-refractivity contribution in [1.29, 1.82) is 0 Å². The maximum atomic E-state index is 13.2. The minimum atomic E-state index is -0.825. The van der Waals surface area contributed by atoms with E-state index in [2.05, 4.69) is 10.0 Å². The van der Waals surface area contributed by atoms with E-state index in [1.54, 1.807) is 0 Å². The van der Waals surface area contributed by atoms with Crippen molar-refractivity contribution in [2.45, 2.75) is 0 Å². The van der Waals surface area contributed by atoms with Crippen molar-refractivity contribution in [3.05, 3.63) is 50.9 Å². The average molecular weight is 230 g/mol. The normalized spacial score (nSPS) is 10.3. The molecule has 0 N–H and O–H groups in total. The van der Waals surface area contributed by atoms with Crippen LogP contribution < -0.4 is 0 Å². The molecular formula is C9H6ClF2N3. The fourth-order valence-corrected chi connectivity index (χ4v) is 1.10. The van der Waals surface area contributed by atoms with Crippen LogP contribution in [0, 0.1) is 11.6 Å². The molecule has 0 bridgehead atoms. The third-order valence-corrected chi connectivity index (χ3v) is 1.96. The second kappa shape index (κ2) is 5.34. The Hall–Kier alpha value is -1.58. The van der Waals surface area contributed by atoms with Crippen LogP contribution in [0.2, 0.25) is 5.02 Å². The maximum absolute atomic E-state index is 13.2. The molecule has 0 amide bonds.